The van der Waals surface area contributed by atoms with E-state index in [0.717, 1.165) is 12.8 Å². The summed E-state index contributed by atoms with van der Waals surface area (Å²) in [5, 5.41) is 14.0. The van der Waals surface area contributed by atoms with Gasteiger partial charge in [-0.15, -0.1) is 0 Å². The third kappa shape index (κ3) is 4.66. The summed E-state index contributed by atoms with van der Waals surface area (Å²) in [6.07, 6.45) is 5.03. The zero-order valence-corrected chi connectivity index (χ0v) is 15.3. The van der Waals surface area contributed by atoms with Crippen LogP contribution in [0, 0.1) is 16.0 Å². The summed E-state index contributed by atoms with van der Waals surface area (Å²) >= 11 is 7.02. The van der Waals surface area contributed by atoms with Gasteiger partial charge in [0.15, 0.2) is 5.13 Å². The van der Waals surface area contributed by atoms with Crippen LogP contribution >= 0.6 is 22.9 Å². The Bertz CT molecular complexity index is 829. The van der Waals surface area contributed by atoms with E-state index in [1.165, 1.54) is 29.7 Å². The molecule has 3 rings (SSSR count). The van der Waals surface area contributed by atoms with Crippen LogP contribution in [0.4, 0.5) is 10.8 Å². The fourth-order valence-corrected chi connectivity index (χ4v) is 3.47. The SMILES string of the molecule is O=C(Nc1ncc(Cl)s1)C(=CC1CCOCC1)c1ccc([N+](=O)[O-])cc1. The molecule has 1 saturated heterocycles. The molecule has 0 spiro atoms. The number of anilines is 1. The van der Waals surface area contributed by atoms with Gasteiger partial charge < -0.3 is 4.74 Å². The first-order chi connectivity index (χ1) is 12.5. The number of nitrogens with one attached hydrogen (secondary N) is 1. The molecule has 1 aliphatic heterocycles. The molecule has 1 aromatic heterocycles. The molecule has 9 heteroatoms. The first kappa shape index (κ1) is 18.5. The maximum Gasteiger partial charge on any atom is 0.269 e. The van der Waals surface area contributed by atoms with Crippen LogP contribution < -0.4 is 5.32 Å². The molecule has 1 aromatic carbocycles. The van der Waals surface area contributed by atoms with Crippen LogP contribution in [0.15, 0.2) is 36.5 Å². The largest absolute Gasteiger partial charge is 0.381 e. The van der Waals surface area contributed by atoms with E-state index >= 15 is 0 Å². The van der Waals surface area contributed by atoms with Crippen molar-refractivity contribution >= 4 is 45.2 Å². The number of aromatic nitrogens is 1. The van der Waals surface area contributed by atoms with Gasteiger partial charge in [-0.3, -0.25) is 20.2 Å². The van der Waals surface area contributed by atoms with E-state index in [2.05, 4.69) is 10.3 Å². The van der Waals surface area contributed by atoms with Crippen LogP contribution in [-0.4, -0.2) is 29.0 Å². The topological polar surface area (TPSA) is 94.4 Å². The highest BCUT2D eigenvalue weighted by Crippen LogP contribution is 2.27. The molecule has 26 heavy (non-hydrogen) atoms. The minimum Gasteiger partial charge on any atom is -0.381 e. The molecular weight excluding hydrogens is 378 g/mol. The predicted molar refractivity (Wildman–Crippen MR) is 100 cm³/mol. The summed E-state index contributed by atoms with van der Waals surface area (Å²) in [6.45, 7) is 1.30. The minimum absolute atomic E-state index is 0.0220. The summed E-state index contributed by atoms with van der Waals surface area (Å²) < 4.78 is 5.84. The number of amides is 1. The number of ether oxygens (including phenoxy) is 1. The molecular formula is C17H16ClN3O4S. The van der Waals surface area contributed by atoms with Crippen molar-refractivity contribution in [2.45, 2.75) is 12.8 Å². The smallest absolute Gasteiger partial charge is 0.269 e. The van der Waals surface area contributed by atoms with Gasteiger partial charge >= 0.3 is 0 Å². The zero-order chi connectivity index (χ0) is 18.5. The van der Waals surface area contributed by atoms with E-state index in [1.54, 1.807) is 12.1 Å². The monoisotopic (exact) mass is 393 g/mol. The lowest BCUT2D eigenvalue weighted by Crippen LogP contribution is -2.18. The van der Waals surface area contributed by atoms with Crippen molar-refractivity contribution in [1.82, 2.24) is 4.98 Å². The van der Waals surface area contributed by atoms with Gasteiger partial charge in [-0.05, 0) is 36.5 Å². The van der Waals surface area contributed by atoms with Gasteiger partial charge in [0, 0.05) is 30.9 Å². The summed E-state index contributed by atoms with van der Waals surface area (Å²) in [4.78, 5) is 27.2. The van der Waals surface area contributed by atoms with Gasteiger partial charge in [0.25, 0.3) is 11.6 Å². The van der Waals surface area contributed by atoms with Crippen molar-refractivity contribution in [3.05, 3.63) is 56.6 Å². The number of nitrogens with zero attached hydrogens (tertiary/aromatic N) is 2. The van der Waals surface area contributed by atoms with Crippen molar-refractivity contribution in [2.75, 3.05) is 18.5 Å². The van der Waals surface area contributed by atoms with Gasteiger partial charge in [-0.1, -0.05) is 29.0 Å². The molecule has 1 aliphatic rings. The molecule has 136 valence electrons. The third-order valence-corrected chi connectivity index (χ3v) is 5.03. The number of hydrogen-bond donors (Lipinski definition) is 1. The molecule has 7 nitrogen and oxygen atoms in total. The normalized spacial score (nSPS) is 15.7. The number of hydrogen-bond acceptors (Lipinski definition) is 6. The highest BCUT2D eigenvalue weighted by atomic mass is 35.5. The number of nitro benzene ring substituents is 1. The van der Waals surface area contributed by atoms with Crippen molar-refractivity contribution in [2.24, 2.45) is 5.92 Å². The molecule has 0 radical (unpaired) electrons. The van der Waals surface area contributed by atoms with E-state index in [1.807, 2.05) is 6.08 Å². The molecule has 2 aromatic rings. The van der Waals surface area contributed by atoms with Gasteiger partial charge in [0.05, 0.1) is 11.1 Å². The molecule has 0 atom stereocenters. The number of allylic oxidation sites excluding steroid dienone is 1. The maximum atomic E-state index is 12.8. The Hall–Kier alpha value is -2.29. The molecule has 0 aliphatic carbocycles. The predicted octanol–water partition coefficient (Wildman–Crippen LogP) is 4.15. The van der Waals surface area contributed by atoms with Gasteiger partial charge in [-0.2, -0.15) is 0 Å². The molecule has 1 fully saturated rings. The number of carbonyl (C=O) groups excluding carboxylic acids is 1. The summed E-state index contributed by atoms with van der Waals surface area (Å²) in [6, 6.07) is 5.94. The second-order valence-corrected chi connectivity index (χ2v) is 7.42. The molecule has 1 N–H and O–H groups in total. The van der Waals surface area contributed by atoms with Crippen LogP contribution in [0.5, 0.6) is 0 Å². The van der Waals surface area contributed by atoms with Crippen molar-refractivity contribution < 1.29 is 14.5 Å². The Kier molecular flexibility index (Phi) is 5.97. The van der Waals surface area contributed by atoms with Gasteiger partial charge in [-0.25, -0.2) is 4.98 Å². The molecule has 1 amide bonds. The molecule has 0 unspecified atom stereocenters. The van der Waals surface area contributed by atoms with Crippen LogP contribution in [0.25, 0.3) is 5.57 Å². The lowest BCUT2D eigenvalue weighted by molar-refractivity contribution is -0.384. The highest BCUT2D eigenvalue weighted by Gasteiger charge is 2.19. The number of rotatable bonds is 5. The quantitative estimate of drug-likeness (QED) is 0.467. The first-order valence-electron chi connectivity index (χ1n) is 8.00. The number of non-ortho nitro benzene ring substituents is 1. The number of nitro groups is 1. The van der Waals surface area contributed by atoms with Crippen LogP contribution in [-0.2, 0) is 9.53 Å². The van der Waals surface area contributed by atoms with E-state index in [0.29, 0.717) is 33.8 Å². The number of thiazole rings is 1. The van der Waals surface area contributed by atoms with Crippen LogP contribution in [0.2, 0.25) is 4.34 Å². The van der Waals surface area contributed by atoms with Gasteiger partial charge in [0.2, 0.25) is 0 Å². The lowest BCUT2D eigenvalue weighted by atomic mass is 9.94. The van der Waals surface area contributed by atoms with Crippen molar-refractivity contribution in [1.29, 1.82) is 0 Å². The van der Waals surface area contributed by atoms with Crippen LogP contribution in [0.1, 0.15) is 18.4 Å². The second-order valence-electron chi connectivity index (χ2n) is 5.76. The van der Waals surface area contributed by atoms with Crippen molar-refractivity contribution in [3.63, 3.8) is 0 Å². The van der Waals surface area contributed by atoms with E-state index in [-0.39, 0.29) is 17.5 Å². The average Bonchev–Trinajstić information content (AvgIpc) is 3.05. The number of benzene rings is 1. The van der Waals surface area contributed by atoms with E-state index in [9.17, 15) is 14.9 Å². The average molecular weight is 394 g/mol. The summed E-state index contributed by atoms with van der Waals surface area (Å²) in [5.74, 6) is -0.115. The molecule has 2 heterocycles. The highest BCUT2D eigenvalue weighted by molar-refractivity contribution is 7.19. The standard InChI is InChI=1S/C17H16ClN3O4S/c18-15-10-19-17(26-15)20-16(22)14(9-11-5-7-25-8-6-11)12-1-3-13(4-2-12)21(23)24/h1-4,9-11H,5-8H2,(H,19,20,22). The third-order valence-electron chi connectivity index (χ3n) is 4.00. The number of carbonyl (C=O) groups is 1. The number of halogens is 1. The van der Waals surface area contributed by atoms with Gasteiger partial charge in [0.1, 0.15) is 4.34 Å². The second kappa shape index (κ2) is 8.39. The van der Waals surface area contributed by atoms with Crippen molar-refractivity contribution in [3.8, 4) is 0 Å². The summed E-state index contributed by atoms with van der Waals surface area (Å²) in [7, 11) is 0. The first-order valence-corrected chi connectivity index (χ1v) is 9.19. The fourth-order valence-electron chi connectivity index (χ4n) is 2.66. The Balaban J connectivity index is 1.88. The maximum absolute atomic E-state index is 12.8. The van der Waals surface area contributed by atoms with E-state index in [4.69, 9.17) is 16.3 Å². The fraction of sp³-hybridized carbons (Fsp3) is 0.294. The Morgan fingerprint density at radius 3 is 2.62 bits per heavy atom. The molecule has 0 bridgehead atoms. The Labute approximate surface area is 158 Å². The zero-order valence-electron chi connectivity index (χ0n) is 13.7. The van der Waals surface area contributed by atoms with Crippen LogP contribution in [0.3, 0.4) is 0 Å². The Morgan fingerprint density at radius 1 is 1.35 bits per heavy atom. The van der Waals surface area contributed by atoms with E-state index < -0.39 is 4.92 Å². The molecule has 0 saturated carbocycles. The lowest BCUT2D eigenvalue weighted by Gasteiger charge is -2.20. The minimum atomic E-state index is -0.469. The Morgan fingerprint density at radius 2 is 2.04 bits per heavy atom. The summed E-state index contributed by atoms with van der Waals surface area (Å²) in [5.41, 5.74) is 1.05.